The van der Waals surface area contributed by atoms with E-state index in [2.05, 4.69) is 26.5 Å². The van der Waals surface area contributed by atoms with Crippen LogP contribution >= 0.6 is 0 Å². The highest BCUT2D eigenvalue weighted by atomic mass is 19.1. The summed E-state index contributed by atoms with van der Waals surface area (Å²) >= 11 is 0. The Morgan fingerprint density at radius 1 is 0.735 bits per heavy atom. The Balaban J connectivity index is 1.19. The lowest BCUT2D eigenvalue weighted by atomic mass is 9.87. The first-order valence-corrected chi connectivity index (χ1v) is 12.4. The van der Waals surface area contributed by atoms with Gasteiger partial charge >= 0.3 is 0 Å². The van der Waals surface area contributed by atoms with Crippen molar-refractivity contribution in [1.82, 2.24) is 14.4 Å². The molecule has 3 heterocycles. The number of halogens is 2. The number of benzene rings is 2. The largest absolute Gasteiger partial charge is 0.379 e. The van der Waals surface area contributed by atoms with Gasteiger partial charge in [-0.3, -0.25) is 9.80 Å². The van der Waals surface area contributed by atoms with E-state index in [1.54, 1.807) is 0 Å². The van der Waals surface area contributed by atoms with Gasteiger partial charge in [-0.05, 0) is 66.9 Å². The van der Waals surface area contributed by atoms with Gasteiger partial charge in [0, 0.05) is 56.6 Å². The highest BCUT2D eigenvalue weighted by Gasteiger charge is 2.21. The highest BCUT2D eigenvalue weighted by Crippen LogP contribution is 2.30. The molecule has 0 bridgehead atoms. The minimum absolute atomic E-state index is 0.134. The number of hydrogen-bond donors (Lipinski definition) is 0. The van der Waals surface area contributed by atoms with Crippen LogP contribution in [0.25, 0.3) is 0 Å². The Morgan fingerprint density at radius 3 is 2.03 bits per heavy atom. The molecule has 4 nitrogen and oxygen atoms in total. The van der Waals surface area contributed by atoms with Crippen LogP contribution in [0.4, 0.5) is 8.78 Å². The van der Waals surface area contributed by atoms with Crippen molar-refractivity contribution in [3.63, 3.8) is 0 Å². The summed E-state index contributed by atoms with van der Waals surface area (Å²) in [5, 5.41) is 0. The number of ether oxygens (including phenoxy) is 1. The molecule has 1 fully saturated rings. The lowest BCUT2D eigenvalue weighted by Crippen LogP contribution is -2.38. The molecule has 0 aliphatic carbocycles. The van der Waals surface area contributed by atoms with Gasteiger partial charge in [-0.25, -0.2) is 8.78 Å². The van der Waals surface area contributed by atoms with E-state index in [-0.39, 0.29) is 17.6 Å². The Kier molecular flexibility index (Phi) is 7.38. The van der Waals surface area contributed by atoms with Gasteiger partial charge in [0.1, 0.15) is 11.6 Å². The summed E-state index contributed by atoms with van der Waals surface area (Å²) in [6, 6.07) is 18.0. The third kappa shape index (κ3) is 5.57. The predicted molar refractivity (Wildman–Crippen MR) is 130 cm³/mol. The van der Waals surface area contributed by atoms with Crippen molar-refractivity contribution in [2.75, 3.05) is 39.4 Å². The van der Waals surface area contributed by atoms with Crippen LogP contribution < -0.4 is 0 Å². The van der Waals surface area contributed by atoms with Gasteiger partial charge in [-0.2, -0.15) is 0 Å². The summed E-state index contributed by atoms with van der Waals surface area (Å²) in [4.78, 5) is 5.00. The van der Waals surface area contributed by atoms with Gasteiger partial charge in [0.05, 0.1) is 13.2 Å². The number of morpholine rings is 1. The molecule has 0 spiro atoms. The Hall–Kier alpha value is -2.54. The minimum Gasteiger partial charge on any atom is -0.379 e. The summed E-state index contributed by atoms with van der Waals surface area (Å²) in [6.45, 7) is 8.75. The first-order valence-electron chi connectivity index (χ1n) is 12.4. The van der Waals surface area contributed by atoms with Crippen molar-refractivity contribution in [2.24, 2.45) is 0 Å². The van der Waals surface area contributed by atoms with Crippen LogP contribution in [0.15, 0.2) is 60.7 Å². The van der Waals surface area contributed by atoms with Crippen molar-refractivity contribution in [3.8, 4) is 0 Å². The summed E-state index contributed by atoms with van der Waals surface area (Å²) in [7, 11) is 0. The Labute approximate surface area is 200 Å². The third-order valence-corrected chi connectivity index (χ3v) is 7.19. The molecule has 0 saturated carbocycles. The van der Waals surface area contributed by atoms with E-state index in [0.717, 1.165) is 83.0 Å². The predicted octanol–water partition coefficient (Wildman–Crippen LogP) is 5.03. The summed E-state index contributed by atoms with van der Waals surface area (Å²) in [5.41, 5.74) is 4.95. The second kappa shape index (κ2) is 10.8. The molecule has 180 valence electrons. The van der Waals surface area contributed by atoms with Gasteiger partial charge in [0.2, 0.25) is 0 Å². The number of rotatable bonds is 8. The van der Waals surface area contributed by atoms with Crippen molar-refractivity contribution in [2.45, 2.75) is 38.4 Å². The smallest absolute Gasteiger partial charge is 0.123 e. The van der Waals surface area contributed by atoms with Crippen LogP contribution in [0.1, 0.15) is 41.3 Å². The molecule has 6 heteroatoms. The van der Waals surface area contributed by atoms with Gasteiger partial charge < -0.3 is 9.30 Å². The van der Waals surface area contributed by atoms with Gasteiger partial charge in [-0.1, -0.05) is 24.3 Å². The molecule has 34 heavy (non-hydrogen) atoms. The van der Waals surface area contributed by atoms with Crippen molar-refractivity contribution < 1.29 is 13.5 Å². The first-order chi connectivity index (χ1) is 16.7. The average Bonchev–Trinajstić information content (AvgIpc) is 3.26. The van der Waals surface area contributed by atoms with Crippen molar-refractivity contribution in [1.29, 1.82) is 0 Å². The van der Waals surface area contributed by atoms with Gasteiger partial charge in [-0.15, -0.1) is 0 Å². The van der Waals surface area contributed by atoms with Gasteiger partial charge in [0.15, 0.2) is 0 Å². The van der Waals surface area contributed by atoms with Gasteiger partial charge in [0.25, 0.3) is 0 Å². The molecular formula is C28H33F2N3O. The van der Waals surface area contributed by atoms with Crippen LogP contribution in [0.5, 0.6) is 0 Å². The highest BCUT2D eigenvalue weighted by molar-refractivity contribution is 5.32. The fourth-order valence-electron chi connectivity index (χ4n) is 5.28. The summed E-state index contributed by atoms with van der Waals surface area (Å²) in [5.74, 6) is -0.327. The topological polar surface area (TPSA) is 20.6 Å². The molecule has 0 atom stereocenters. The molecule has 5 rings (SSSR count). The fraction of sp³-hybridized carbons (Fsp3) is 0.429. The van der Waals surface area contributed by atoms with Crippen LogP contribution in [-0.2, 0) is 24.4 Å². The molecule has 1 aromatic heterocycles. The van der Waals surface area contributed by atoms with E-state index in [9.17, 15) is 8.78 Å². The second-order valence-corrected chi connectivity index (χ2v) is 9.43. The maximum Gasteiger partial charge on any atom is 0.123 e. The maximum atomic E-state index is 13.5. The number of nitrogens with zero attached hydrogens (tertiary/aromatic N) is 3. The zero-order chi connectivity index (χ0) is 23.3. The minimum atomic E-state index is -0.231. The lowest BCUT2D eigenvalue weighted by Gasteiger charge is -2.32. The Morgan fingerprint density at radius 2 is 1.38 bits per heavy atom. The SMILES string of the molecule is Fc1ccc(C(CCCN2CCn3c(CN4CCOCC4)ccc3C2)c2ccc(F)cc2)cc1. The standard InChI is InChI=1S/C28H33F2N3O/c29-24-7-3-22(4-8-24)28(23-5-9-25(30)10-6-23)2-1-13-31-14-15-33-26(20-31)11-12-27(33)21-32-16-18-34-19-17-32/h3-12,28H,1-2,13-21H2. The molecule has 0 radical (unpaired) electrons. The second-order valence-electron chi connectivity index (χ2n) is 9.43. The van der Waals surface area contributed by atoms with Crippen LogP contribution in [0, 0.1) is 11.6 Å². The molecule has 2 aromatic carbocycles. The van der Waals surface area contributed by atoms with Crippen LogP contribution in [0.2, 0.25) is 0 Å². The average molecular weight is 466 g/mol. The molecule has 2 aliphatic rings. The molecule has 0 N–H and O–H groups in total. The molecule has 0 unspecified atom stereocenters. The van der Waals surface area contributed by atoms with Crippen LogP contribution in [-0.4, -0.2) is 53.8 Å². The normalized spacial score (nSPS) is 17.3. The fourth-order valence-corrected chi connectivity index (χ4v) is 5.28. The molecule has 3 aromatic rings. The Bertz CT molecular complexity index is 1010. The van der Waals surface area contributed by atoms with E-state index < -0.39 is 0 Å². The van der Waals surface area contributed by atoms with E-state index in [1.165, 1.54) is 35.7 Å². The zero-order valence-corrected chi connectivity index (χ0v) is 19.6. The third-order valence-electron chi connectivity index (χ3n) is 7.19. The zero-order valence-electron chi connectivity index (χ0n) is 19.6. The number of hydrogen-bond acceptors (Lipinski definition) is 3. The van der Waals surface area contributed by atoms with Crippen molar-refractivity contribution >= 4 is 0 Å². The van der Waals surface area contributed by atoms with E-state index in [0.29, 0.717) is 0 Å². The molecular weight excluding hydrogens is 432 g/mol. The molecule has 2 aliphatic heterocycles. The quantitative estimate of drug-likeness (QED) is 0.466. The van der Waals surface area contributed by atoms with E-state index in [4.69, 9.17) is 4.74 Å². The van der Waals surface area contributed by atoms with E-state index >= 15 is 0 Å². The summed E-state index contributed by atoms with van der Waals surface area (Å²) < 4.78 is 34.9. The number of aromatic nitrogens is 1. The first kappa shape index (κ1) is 23.2. The molecule has 1 saturated heterocycles. The monoisotopic (exact) mass is 465 g/mol. The van der Waals surface area contributed by atoms with Crippen molar-refractivity contribution in [3.05, 3.63) is 94.8 Å². The van der Waals surface area contributed by atoms with E-state index in [1.807, 2.05) is 24.3 Å². The molecule has 0 amide bonds. The number of fused-ring (bicyclic) bond motifs is 1. The van der Waals surface area contributed by atoms with Crippen LogP contribution in [0.3, 0.4) is 0 Å². The lowest BCUT2D eigenvalue weighted by molar-refractivity contribution is 0.0329. The maximum absolute atomic E-state index is 13.5. The summed E-state index contributed by atoms with van der Waals surface area (Å²) in [6.07, 6.45) is 1.97.